The van der Waals surface area contributed by atoms with E-state index < -0.39 is 0 Å². The normalized spacial score (nSPS) is 18.4. The van der Waals surface area contributed by atoms with Gasteiger partial charge in [0.2, 0.25) is 0 Å². The molecule has 1 heterocycles. The van der Waals surface area contributed by atoms with E-state index in [1.54, 1.807) is 0 Å². The van der Waals surface area contributed by atoms with Gasteiger partial charge in [-0.25, -0.2) is 0 Å². The molecule has 6 heteroatoms. The van der Waals surface area contributed by atoms with Gasteiger partial charge < -0.3 is 20.7 Å². The Kier molecular flexibility index (Phi) is 4.66. The fourth-order valence-corrected chi connectivity index (χ4v) is 2.67. The average Bonchev–Trinajstić information content (AvgIpc) is 2.62. The zero-order chi connectivity index (χ0) is 13.8. The van der Waals surface area contributed by atoms with Crippen molar-refractivity contribution >= 4 is 27.5 Å². The molecule has 0 aromatic heterocycles. The van der Waals surface area contributed by atoms with Crippen molar-refractivity contribution in [2.45, 2.75) is 6.42 Å². The van der Waals surface area contributed by atoms with Crippen molar-refractivity contribution in [1.82, 2.24) is 4.90 Å². The highest BCUT2D eigenvalue weighted by Gasteiger charge is 2.17. The molecule has 1 aliphatic rings. The van der Waals surface area contributed by atoms with Crippen molar-refractivity contribution in [1.29, 1.82) is 0 Å². The molecule has 1 aromatic rings. The van der Waals surface area contributed by atoms with Crippen LogP contribution in [0.5, 0.6) is 0 Å². The number of amidine groups is 1. The maximum Gasteiger partial charge on any atom is 0.172 e. The molecular formula is C13H19BrN4O. The smallest absolute Gasteiger partial charge is 0.172 e. The van der Waals surface area contributed by atoms with Crippen LogP contribution in [0.15, 0.2) is 27.8 Å². The van der Waals surface area contributed by atoms with Crippen LogP contribution in [0.2, 0.25) is 0 Å². The van der Waals surface area contributed by atoms with Crippen LogP contribution in [0.4, 0.5) is 5.69 Å². The number of hydrogen-bond acceptors (Lipinski definition) is 4. The maximum absolute atomic E-state index is 8.90. The van der Waals surface area contributed by atoms with E-state index in [4.69, 9.17) is 10.9 Å². The highest BCUT2D eigenvalue weighted by molar-refractivity contribution is 9.10. The topological polar surface area (TPSA) is 65.1 Å². The standard InChI is InChI=1S/C13H19BrN4O/c1-17-5-2-6-18(8-7-17)12-9-10(14)3-4-11(12)13(15)16-19/h3-4,9,19H,2,5-8H2,1H3,(H2,15,16). The van der Waals surface area contributed by atoms with Crippen LogP contribution in [0, 0.1) is 0 Å². The molecule has 3 N–H and O–H groups in total. The number of anilines is 1. The molecule has 104 valence electrons. The zero-order valence-corrected chi connectivity index (χ0v) is 12.6. The molecule has 1 saturated heterocycles. The Morgan fingerprint density at radius 1 is 1.32 bits per heavy atom. The lowest BCUT2D eigenvalue weighted by Gasteiger charge is -2.25. The van der Waals surface area contributed by atoms with E-state index in [1.165, 1.54) is 0 Å². The molecular weight excluding hydrogens is 308 g/mol. The van der Waals surface area contributed by atoms with Crippen molar-refractivity contribution < 1.29 is 5.21 Å². The number of oxime groups is 1. The van der Waals surface area contributed by atoms with Crippen molar-refractivity contribution in [3.63, 3.8) is 0 Å². The molecule has 0 amide bonds. The van der Waals surface area contributed by atoms with E-state index in [-0.39, 0.29) is 5.84 Å². The van der Waals surface area contributed by atoms with E-state index in [2.05, 4.69) is 37.9 Å². The lowest BCUT2D eigenvalue weighted by atomic mass is 10.1. The summed E-state index contributed by atoms with van der Waals surface area (Å²) < 4.78 is 0.995. The van der Waals surface area contributed by atoms with Gasteiger partial charge in [-0.1, -0.05) is 21.1 Å². The minimum Gasteiger partial charge on any atom is -0.409 e. The molecule has 0 aliphatic carbocycles. The van der Waals surface area contributed by atoms with Gasteiger partial charge >= 0.3 is 0 Å². The average molecular weight is 327 g/mol. The number of benzene rings is 1. The molecule has 2 rings (SSSR count). The van der Waals surface area contributed by atoms with Gasteiger partial charge in [0, 0.05) is 35.4 Å². The van der Waals surface area contributed by atoms with Gasteiger partial charge in [-0.3, -0.25) is 0 Å². The molecule has 0 bridgehead atoms. The fraction of sp³-hybridized carbons (Fsp3) is 0.462. The van der Waals surface area contributed by atoms with E-state index in [0.29, 0.717) is 0 Å². The molecule has 0 radical (unpaired) electrons. The Bertz CT molecular complexity index is 478. The van der Waals surface area contributed by atoms with Gasteiger partial charge in [0.1, 0.15) is 0 Å². The predicted octanol–water partition coefficient (Wildman–Crippen LogP) is 1.69. The molecule has 19 heavy (non-hydrogen) atoms. The zero-order valence-electron chi connectivity index (χ0n) is 11.0. The molecule has 5 nitrogen and oxygen atoms in total. The third-order valence-electron chi connectivity index (χ3n) is 3.40. The summed E-state index contributed by atoms with van der Waals surface area (Å²) in [6, 6.07) is 5.81. The highest BCUT2D eigenvalue weighted by atomic mass is 79.9. The van der Waals surface area contributed by atoms with Gasteiger partial charge in [-0.15, -0.1) is 0 Å². The Labute approximate surface area is 121 Å². The number of nitrogens with two attached hydrogens (primary N) is 1. The van der Waals surface area contributed by atoms with Crippen molar-refractivity contribution in [3.05, 3.63) is 28.2 Å². The molecule has 1 aromatic carbocycles. The third kappa shape index (κ3) is 3.39. The number of hydrogen-bond donors (Lipinski definition) is 2. The third-order valence-corrected chi connectivity index (χ3v) is 3.90. The Balaban J connectivity index is 2.34. The van der Waals surface area contributed by atoms with Crippen LogP contribution >= 0.6 is 15.9 Å². The Morgan fingerprint density at radius 2 is 2.11 bits per heavy atom. The number of nitrogens with zero attached hydrogens (tertiary/aromatic N) is 3. The van der Waals surface area contributed by atoms with Gasteiger partial charge in [0.25, 0.3) is 0 Å². The lowest BCUT2D eigenvalue weighted by Crippen LogP contribution is -2.30. The Hall–Kier alpha value is -1.27. The first kappa shape index (κ1) is 14.1. The van der Waals surface area contributed by atoms with E-state index in [0.717, 1.165) is 48.3 Å². The van der Waals surface area contributed by atoms with Crippen molar-refractivity contribution in [3.8, 4) is 0 Å². The molecule has 0 spiro atoms. The summed E-state index contributed by atoms with van der Waals surface area (Å²) in [6.07, 6.45) is 1.11. The monoisotopic (exact) mass is 326 g/mol. The minimum absolute atomic E-state index is 0.153. The first-order chi connectivity index (χ1) is 9.11. The summed E-state index contributed by atoms with van der Waals surface area (Å²) in [7, 11) is 2.13. The molecule has 0 atom stereocenters. The van der Waals surface area contributed by atoms with Crippen LogP contribution in [-0.2, 0) is 0 Å². The molecule has 1 aliphatic heterocycles. The predicted molar refractivity (Wildman–Crippen MR) is 81.0 cm³/mol. The summed E-state index contributed by atoms with van der Waals surface area (Å²) in [4.78, 5) is 4.61. The van der Waals surface area contributed by atoms with E-state index in [1.807, 2.05) is 18.2 Å². The van der Waals surface area contributed by atoms with Crippen LogP contribution in [-0.4, -0.2) is 49.2 Å². The van der Waals surface area contributed by atoms with E-state index in [9.17, 15) is 0 Å². The quantitative estimate of drug-likeness (QED) is 0.375. The molecule has 0 saturated carbocycles. The minimum atomic E-state index is 0.153. The summed E-state index contributed by atoms with van der Waals surface area (Å²) in [5, 5.41) is 12.0. The summed E-state index contributed by atoms with van der Waals surface area (Å²) >= 11 is 3.49. The van der Waals surface area contributed by atoms with Crippen LogP contribution < -0.4 is 10.6 Å². The largest absolute Gasteiger partial charge is 0.409 e. The highest BCUT2D eigenvalue weighted by Crippen LogP contribution is 2.26. The second-order valence-corrected chi connectivity index (χ2v) is 5.71. The number of halogens is 1. The van der Waals surface area contributed by atoms with Crippen LogP contribution in [0.3, 0.4) is 0 Å². The second-order valence-electron chi connectivity index (χ2n) is 4.79. The number of rotatable bonds is 2. The van der Waals surface area contributed by atoms with Gasteiger partial charge in [-0.05, 0) is 38.2 Å². The first-order valence-corrected chi connectivity index (χ1v) is 7.12. The summed E-state index contributed by atoms with van der Waals surface area (Å²) in [5.74, 6) is 0.153. The van der Waals surface area contributed by atoms with Gasteiger partial charge in [0.05, 0.1) is 0 Å². The lowest BCUT2D eigenvalue weighted by molar-refractivity contribution is 0.318. The molecule has 1 fully saturated rings. The summed E-state index contributed by atoms with van der Waals surface area (Å²) in [6.45, 7) is 4.04. The summed E-state index contributed by atoms with van der Waals surface area (Å²) in [5.41, 5.74) is 7.55. The number of likely N-dealkylation sites (N-methyl/N-ethyl adjacent to an activating group) is 1. The maximum atomic E-state index is 8.90. The first-order valence-electron chi connectivity index (χ1n) is 6.33. The van der Waals surface area contributed by atoms with Crippen molar-refractivity contribution in [2.24, 2.45) is 10.9 Å². The Morgan fingerprint density at radius 3 is 2.84 bits per heavy atom. The van der Waals surface area contributed by atoms with Gasteiger partial charge in [0.15, 0.2) is 5.84 Å². The van der Waals surface area contributed by atoms with Crippen molar-refractivity contribution in [2.75, 3.05) is 38.1 Å². The molecule has 0 unspecified atom stereocenters. The van der Waals surface area contributed by atoms with Crippen LogP contribution in [0.25, 0.3) is 0 Å². The fourth-order valence-electron chi connectivity index (χ4n) is 2.32. The SMILES string of the molecule is CN1CCCN(c2cc(Br)ccc2/C(N)=N/O)CC1. The van der Waals surface area contributed by atoms with E-state index >= 15 is 0 Å². The second kappa shape index (κ2) is 6.25. The van der Waals surface area contributed by atoms with Crippen LogP contribution in [0.1, 0.15) is 12.0 Å². The van der Waals surface area contributed by atoms with Gasteiger partial charge in [-0.2, -0.15) is 0 Å².